The molecule has 21 aromatic rings. The highest BCUT2D eigenvalue weighted by molar-refractivity contribution is 6.35. The molecule has 0 N–H and O–H groups in total. The summed E-state index contributed by atoms with van der Waals surface area (Å²) in [7, 11) is 0. The Labute approximate surface area is 621 Å². The molecule has 0 radical (unpaired) electrons. The van der Waals surface area contributed by atoms with E-state index < -0.39 is 0 Å². The second-order valence-corrected chi connectivity index (χ2v) is 30.3. The molecule has 2 nitrogen and oxygen atoms in total. The number of benzene rings is 19. The van der Waals surface area contributed by atoms with Gasteiger partial charge < -0.3 is 9.13 Å². The zero-order chi connectivity index (χ0) is 71.5. The summed E-state index contributed by atoms with van der Waals surface area (Å²) in [6.45, 7) is 13.9. The smallest absolute Gasteiger partial charge is 0.0619 e. The summed E-state index contributed by atoms with van der Waals surface area (Å²) in [4.78, 5) is 0. The molecule has 1 aliphatic rings. The fourth-order valence-corrected chi connectivity index (χ4v) is 18.9. The van der Waals surface area contributed by atoms with Gasteiger partial charge in [-0.3, -0.25) is 0 Å². The molecule has 0 unspecified atom stereocenters. The summed E-state index contributed by atoms with van der Waals surface area (Å²) in [5, 5.41) is 28.4. The third kappa shape index (κ3) is 9.45. The third-order valence-electron chi connectivity index (χ3n) is 24.3. The molecular formula is C105H74N2. The van der Waals surface area contributed by atoms with Crippen LogP contribution in [-0.4, -0.2) is 9.13 Å². The number of fused-ring (bicyclic) bond motifs is 24. The van der Waals surface area contributed by atoms with E-state index in [1.807, 2.05) is 0 Å². The zero-order valence-electron chi connectivity index (χ0n) is 60.7. The molecule has 0 saturated carbocycles. The maximum atomic E-state index is 2.50. The van der Waals surface area contributed by atoms with E-state index in [0.29, 0.717) is 0 Å². The molecule has 0 fully saturated rings. The minimum atomic E-state index is -0.0230. The molecule has 504 valence electrons. The molecule has 0 spiro atoms. The quantitative estimate of drug-likeness (QED) is 0.147. The molecular weight excluding hydrogens is 1290 g/mol. The van der Waals surface area contributed by atoms with Gasteiger partial charge in [-0.2, -0.15) is 0 Å². The minimum Gasteiger partial charge on any atom is -0.313 e. The summed E-state index contributed by atoms with van der Waals surface area (Å²) in [6.07, 6.45) is 0. The van der Waals surface area contributed by atoms with Crippen LogP contribution in [0.15, 0.2) is 340 Å². The first kappa shape index (κ1) is 62.4. The van der Waals surface area contributed by atoms with Crippen LogP contribution in [0.3, 0.4) is 0 Å². The molecule has 2 heterocycles. The number of aromatic nitrogens is 2. The van der Waals surface area contributed by atoms with Crippen LogP contribution >= 0.6 is 0 Å². The topological polar surface area (TPSA) is 9.86 Å². The lowest BCUT2D eigenvalue weighted by molar-refractivity contribution is 0.660. The van der Waals surface area contributed by atoms with Gasteiger partial charge in [-0.1, -0.05) is 293 Å². The molecule has 0 atom stereocenters. The Bertz CT molecular complexity index is 7360. The summed E-state index contributed by atoms with van der Waals surface area (Å²) in [5.41, 5.74) is 25.7. The highest BCUT2D eigenvalue weighted by Gasteiger charge is 2.35. The van der Waals surface area contributed by atoms with Crippen molar-refractivity contribution in [2.75, 3.05) is 0 Å². The van der Waals surface area contributed by atoms with E-state index in [1.54, 1.807) is 0 Å². The Morgan fingerprint density at radius 3 is 1.07 bits per heavy atom. The lowest BCUT2D eigenvalue weighted by Gasteiger charge is -2.22. The van der Waals surface area contributed by atoms with Gasteiger partial charge in [0.2, 0.25) is 0 Å². The minimum absolute atomic E-state index is 0.0230. The monoisotopic (exact) mass is 1360 g/mol. The Morgan fingerprint density at radius 1 is 0.206 bits per heavy atom. The van der Waals surface area contributed by atoms with E-state index in [2.05, 4.69) is 390 Å². The van der Waals surface area contributed by atoms with Gasteiger partial charge in [0, 0.05) is 49.7 Å². The summed E-state index contributed by atoms with van der Waals surface area (Å²) in [5.74, 6) is 0. The van der Waals surface area contributed by atoms with Crippen LogP contribution in [0.2, 0.25) is 0 Å². The number of aryl methyl sites for hydroxylation is 2. The van der Waals surface area contributed by atoms with Crippen LogP contribution < -0.4 is 0 Å². The largest absolute Gasteiger partial charge is 0.313 e. The van der Waals surface area contributed by atoms with Gasteiger partial charge in [0.15, 0.2) is 0 Å². The van der Waals surface area contributed by atoms with E-state index in [-0.39, 0.29) is 5.41 Å². The summed E-state index contributed by atoms with van der Waals surface area (Å²) >= 11 is 0. The first-order chi connectivity index (χ1) is 52.5. The van der Waals surface area contributed by atoms with Crippen molar-refractivity contribution in [3.05, 3.63) is 373 Å². The standard InChI is InChI=1S/C53H39N.C52H35N/c1-32-33(2)54(39-26-23-35(24-27-39)37-25-28-43-42-17-11-12-20-48(42)53(3,4)49(43)30-37)52-45-19-10-8-16-41(45)47-31-46(38-22-21-34-13-5-6-14-36(34)29-38)40-15-7-9-18-44(40)51(47)50(32)52;1-32-33(2)53(39-27-25-35(26-28-39)47-30-37-15-5-6-16-40(37)41-17-7-8-18-42(41)47)52-46-22-12-10-20-44(46)49-31-48(38-24-23-34-13-3-4-14-36(34)29-38)43-19-9-11-21-45(43)51(49)50(32)52/h5-31H,1-4H3;3-31H,1-2H3. The Kier molecular flexibility index (Phi) is 14.0. The Morgan fingerprint density at radius 2 is 0.561 bits per heavy atom. The Balaban J connectivity index is 0.000000137. The molecule has 107 heavy (non-hydrogen) atoms. The molecule has 19 aromatic carbocycles. The van der Waals surface area contributed by atoms with Crippen LogP contribution in [0.25, 0.3) is 197 Å². The van der Waals surface area contributed by atoms with Crippen molar-refractivity contribution in [3.8, 4) is 67.0 Å². The fourth-order valence-electron chi connectivity index (χ4n) is 18.9. The SMILES string of the molecule is Cc1c(C)n(-c2ccc(-c3cc4ccccc4c4ccccc34)cc2)c2c3ccccc3c3cc(-c4ccc5ccccc5c4)c4ccccc4c3c12.Cc1c(C)n(-c2ccc(-c3ccc4c(c3)C(C)(C)c3ccccc3-4)cc2)c2c3ccccc3c3cc(-c4ccc5ccccc5c4)c4ccccc4c3c12. The number of rotatable bonds is 6. The number of hydrogen-bond donors (Lipinski definition) is 0. The van der Waals surface area contributed by atoms with Gasteiger partial charge in [0.1, 0.15) is 0 Å². The highest BCUT2D eigenvalue weighted by atomic mass is 15.0. The van der Waals surface area contributed by atoms with Crippen LogP contribution in [0.5, 0.6) is 0 Å². The van der Waals surface area contributed by atoms with Crippen molar-refractivity contribution in [2.45, 2.75) is 47.0 Å². The third-order valence-corrected chi connectivity index (χ3v) is 24.3. The second kappa shape index (κ2) is 24.0. The van der Waals surface area contributed by atoms with E-state index in [4.69, 9.17) is 0 Å². The van der Waals surface area contributed by atoms with Gasteiger partial charge >= 0.3 is 0 Å². The average Bonchev–Trinajstić information content (AvgIpc) is 1.63. The molecule has 0 bridgehead atoms. The maximum absolute atomic E-state index is 2.50. The first-order valence-corrected chi connectivity index (χ1v) is 37.6. The fraction of sp³-hybridized carbons (Fsp3) is 0.0667. The van der Waals surface area contributed by atoms with Crippen molar-refractivity contribution >= 4 is 130 Å². The van der Waals surface area contributed by atoms with E-state index in [9.17, 15) is 0 Å². The van der Waals surface area contributed by atoms with Crippen LogP contribution in [-0.2, 0) is 5.41 Å². The second-order valence-electron chi connectivity index (χ2n) is 30.3. The Hall–Kier alpha value is -13.1. The molecule has 22 rings (SSSR count). The van der Waals surface area contributed by atoms with Crippen LogP contribution in [0, 0.1) is 27.7 Å². The van der Waals surface area contributed by atoms with Gasteiger partial charge in [0.05, 0.1) is 11.0 Å². The number of hydrogen-bond acceptors (Lipinski definition) is 0. The van der Waals surface area contributed by atoms with Crippen LogP contribution in [0.1, 0.15) is 47.5 Å². The average molecular weight is 1360 g/mol. The van der Waals surface area contributed by atoms with Crippen molar-refractivity contribution < 1.29 is 0 Å². The van der Waals surface area contributed by atoms with Crippen molar-refractivity contribution in [2.24, 2.45) is 0 Å². The van der Waals surface area contributed by atoms with E-state index in [0.717, 1.165) is 0 Å². The van der Waals surface area contributed by atoms with Crippen molar-refractivity contribution in [3.63, 3.8) is 0 Å². The lowest BCUT2D eigenvalue weighted by atomic mass is 9.81. The van der Waals surface area contributed by atoms with Gasteiger partial charge in [0.25, 0.3) is 0 Å². The molecule has 0 amide bonds. The van der Waals surface area contributed by atoms with Crippen molar-refractivity contribution in [1.29, 1.82) is 0 Å². The molecule has 1 aliphatic carbocycles. The number of nitrogens with zero attached hydrogens (tertiary/aromatic N) is 2. The van der Waals surface area contributed by atoms with E-state index >= 15 is 0 Å². The predicted octanol–water partition coefficient (Wildman–Crippen LogP) is 29.0. The summed E-state index contributed by atoms with van der Waals surface area (Å²) < 4.78 is 5.01. The highest BCUT2D eigenvalue weighted by Crippen LogP contribution is 2.52. The van der Waals surface area contributed by atoms with Crippen LogP contribution in [0.4, 0.5) is 0 Å². The van der Waals surface area contributed by atoms with Gasteiger partial charge in [-0.25, -0.2) is 0 Å². The predicted molar refractivity (Wildman–Crippen MR) is 460 cm³/mol. The zero-order valence-corrected chi connectivity index (χ0v) is 60.7. The summed E-state index contributed by atoms with van der Waals surface area (Å²) in [6, 6.07) is 126. The van der Waals surface area contributed by atoms with Gasteiger partial charge in [-0.05, 0) is 263 Å². The normalized spacial score (nSPS) is 12.7. The van der Waals surface area contributed by atoms with Gasteiger partial charge in [-0.15, -0.1) is 0 Å². The molecule has 2 aromatic heterocycles. The van der Waals surface area contributed by atoms with E-state index in [1.165, 1.54) is 230 Å². The lowest BCUT2D eigenvalue weighted by Crippen LogP contribution is -2.14. The molecule has 2 heteroatoms. The molecule has 0 saturated heterocycles. The molecule has 0 aliphatic heterocycles. The first-order valence-electron chi connectivity index (χ1n) is 37.6. The van der Waals surface area contributed by atoms with Crippen molar-refractivity contribution in [1.82, 2.24) is 9.13 Å². The maximum Gasteiger partial charge on any atom is 0.0619 e.